The topological polar surface area (TPSA) is 69.8 Å². The van der Waals surface area contributed by atoms with E-state index in [4.69, 9.17) is 12.2 Å². The number of imidazole rings is 1. The lowest BCUT2D eigenvalue weighted by atomic mass is 10.1. The molecule has 7 heteroatoms. The Kier molecular flexibility index (Phi) is 5.42. The summed E-state index contributed by atoms with van der Waals surface area (Å²) in [4.78, 5) is 20.4. The molecule has 0 aliphatic carbocycles. The molecule has 4 rings (SSSR count). The average molecular weight is 465 g/mol. The second-order valence-corrected chi connectivity index (χ2v) is 7.78. The molecule has 0 saturated heterocycles. The molecule has 0 aliphatic heterocycles. The number of rotatable bonds is 3. The Bertz CT molecular complexity index is 1200. The first-order valence-corrected chi connectivity index (χ1v) is 10.1. The van der Waals surface area contributed by atoms with Crippen molar-refractivity contribution in [1.29, 1.82) is 0 Å². The van der Waals surface area contributed by atoms with Crippen molar-refractivity contribution in [2.45, 2.75) is 6.92 Å². The van der Waals surface area contributed by atoms with Gasteiger partial charge in [0.15, 0.2) is 5.11 Å². The maximum absolute atomic E-state index is 12.5. The van der Waals surface area contributed by atoms with Gasteiger partial charge >= 0.3 is 0 Å². The van der Waals surface area contributed by atoms with Gasteiger partial charge in [0.25, 0.3) is 5.91 Å². The lowest BCUT2D eigenvalue weighted by Crippen LogP contribution is -2.34. The van der Waals surface area contributed by atoms with E-state index in [-0.39, 0.29) is 11.0 Å². The van der Waals surface area contributed by atoms with Crippen LogP contribution in [0.5, 0.6) is 0 Å². The highest BCUT2D eigenvalue weighted by atomic mass is 79.9. The lowest BCUT2D eigenvalue weighted by molar-refractivity contribution is 0.0977. The molecule has 0 saturated carbocycles. The number of aryl methyl sites for hydroxylation is 1. The zero-order chi connectivity index (χ0) is 20.4. The predicted molar refractivity (Wildman–Crippen MR) is 124 cm³/mol. The number of para-hydroxylation sites is 2. The predicted octanol–water partition coefficient (Wildman–Crippen LogP) is 5.43. The summed E-state index contributed by atoms with van der Waals surface area (Å²) in [6.07, 6.45) is 0. The lowest BCUT2D eigenvalue weighted by Gasteiger charge is -2.13. The summed E-state index contributed by atoms with van der Waals surface area (Å²) in [5.41, 5.74) is 5.14. The molecule has 4 aromatic rings. The molecule has 0 spiro atoms. The van der Waals surface area contributed by atoms with Gasteiger partial charge in [-0.05, 0) is 71.0 Å². The van der Waals surface area contributed by atoms with Crippen molar-refractivity contribution in [2.75, 3.05) is 5.32 Å². The van der Waals surface area contributed by atoms with Crippen molar-refractivity contribution < 1.29 is 4.79 Å². The van der Waals surface area contributed by atoms with Crippen LogP contribution < -0.4 is 10.6 Å². The molecule has 1 heterocycles. The molecule has 0 fully saturated rings. The number of carbonyl (C=O) groups is 1. The molecule has 3 aromatic carbocycles. The van der Waals surface area contributed by atoms with Crippen molar-refractivity contribution in [3.63, 3.8) is 0 Å². The van der Waals surface area contributed by atoms with Crippen LogP contribution in [0.3, 0.4) is 0 Å². The highest BCUT2D eigenvalue weighted by molar-refractivity contribution is 9.10. The van der Waals surface area contributed by atoms with E-state index in [1.807, 2.05) is 61.5 Å². The van der Waals surface area contributed by atoms with Gasteiger partial charge in [-0.25, -0.2) is 4.98 Å². The van der Waals surface area contributed by atoms with Crippen LogP contribution in [-0.4, -0.2) is 21.0 Å². The van der Waals surface area contributed by atoms with Crippen LogP contribution in [0.4, 0.5) is 5.69 Å². The number of hydrogen-bond donors (Lipinski definition) is 3. The summed E-state index contributed by atoms with van der Waals surface area (Å²) in [6.45, 7) is 1.98. The monoisotopic (exact) mass is 464 g/mol. The van der Waals surface area contributed by atoms with Crippen molar-refractivity contribution in [3.05, 3.63) is 82.3 Å². The number of nitrogens with zero attached hydrogens (tertiary/aromatic N) is 1. The van der Waals surface area contributed by atoms with Crippen molar-refractivity contribution >= 4 is 55.9 Å². The van der Waals surface area contributed by atoms with Crippen LogP contribution in [0, 0.1) is 6.92 Å². The average Bonchev–Trinajstić information content (AvgIpc) is 3.14. The highest BCUT2D eigenvalue weighted by Crippen LogP contribution is 2.25. The fraction of sp³-hybridized carbons (Fsp3) is 0.0455. The molecule has 0 unspecified atom stereocenters. The van der Waals surface area contributed by atoms with Crippen molar-refractivity contribution in [3.8, 4) is 11.4 Å². The Morgan fingerprint density at radius 2 is 1.83 bits per heavy atom. The molecule has 144 valence electrons. The van der Waals surface area contributed by atoms with Crippen LogP contribution in [0.25, 0.3) is 22.4 Å². The number of halogens is 1. The van der Waals surface area contributed by atoms with Crippen LogP contribution in [0.1, 0.15) is 15.9 Å². The van der Waals surface area contributed by atoms with Gasteiger partial charge in [0.1, 0.15) is 5.82 Å². The third kappa shape index (κ3) is 4.21. The Morgan fingerprint density at radius 3 is 2.62 bits per heavy atom. The summed E-state index contributed by atoms with van der Waals surface area (Å²) in [6, 6.07) is 21.0. The van der Waals surface area contributed by atoms with E-state index in [0.717, 1.165) is 33.7 Å². The van der Waals surface area contributed by atoms with Gasteiger partial charge in [0.2, 0.25) is 0 Å². The summed E-state index contributed by atoms with van der Waals surface area (Å²) in [5, 5.41) is 6.07. The molecule has 3 N–H and O–H groups in total. The number of amides is 1. The van der Waals surface area contributed by atoms with Gasteiger partial charge in [-0.2, -0.15) is 0 Å². The first-order valence-electron chi connectivity index (χ1n) is 8.94. The van der Waals surface area contributed by atoms with Crippen LogP contribution in [0.15, 0.2) is 71.2 Å². The molecular weight excluding hydrogens is 448 g/mol. The molecule has 0 radical (unpaired) electrons. The second-order valence-electron chi connectivity index (χ2n) is 6.52. The van der Waals surface area contributed by atoms with E-state index in [2.05, 4.69) is 36.5 Å². The summed E-state index contributed by atoms with van der Waals surface area (Å²) >= 11 is 8.73. The molecule has 0 bridgehead atoms. The van der Waals surface area contributed by atoms with E-state index >= 15 is 0 Å². The van der Waals surface area contributed by atoms with E-state index in [1.165, 1.54) is 0 Å². The summed E-state index contributed by atoms with van der Waals surface area (Å²) < 4.78 is 0.711. The third-order valence-electron chi connectivity index (χ3n) is 4.49. The normalized spacial score (nSPS) is 10.7. The Balaban J connectivity index is 1.54. The minimum Gasteiger partial charge on any atom is -0.338 e. The summed E-state index contributed by atoms with van der Waals surface area (Å²) in [5.74, 6) is 0.499. The number of carbonyl (C=O) groups excluding carboxylic acids is 1. The Morgan fingerprint density at radius 1 is 1.07 bits per heavy atom. The fourth-order valence-corrected chi connectivity index (χ4v) is 3.63. The number of aromatic amines is 1. The highest BCUT2D eigenvalue weighted by Gasteiger charge is 2.12. The Labute approximate surface area is 181 Å². The number of aromatic nitrogens is 2. The molecule has 0 aliphatic rings. The van der Waals surface area contributed by atoms with Crippen molar-refractivity contribution in [2.24, 2.45) is 0 Å². The van der Waals surface area contributed by atoms with Crippen LogP contribution >= 0.6 is 28.1 Å². The molecular formula is C22H17BrN4OS. The van der Waals surface area contributed by atoms with E-state index < -0.39 is 0 Å². The van der Waals surface area contributed by atoms with Gasteiger partial charge in [0, 0.05) is 15.7 Å². The van der Waals surface area contributed by atoms with Gasteiger partial charge in [-0.15, -0.1) is 0 Å². The quantitative estimate of drug-likeness (QED) is 0.353. The molecule has 1 amide bonds. The number of fused-ring (bicyclic) bond motifs is 1. The maximum Gasteiger partial charge on any atom is 0.258 e. The van der Waals surface area contributed by atoms with Gasteiger partial charge in [-0.1, -0.05) is 36.4 Å². The third-order valence-corrected chi connectivity index (χ3v) is 5.39. The summed E-state index contributed by atoms with van der Waals surface area (Å²) in [7, 11) is 0. The minimum atomic E-state index is -0.277. The molecule has 0 atom stereocenters. The number of nitrogens with one attached hydrogen (secondary N) is 3. The number of thiocarbonyl (C=S) groups is 1. The SMILES string of the molecule is Cc1ccc(-c2nc3ccccc3[nH]2)cc1NC(=S)NC(=O)c1ccccc1Br. The minimum absolute atomic E-state index is 0.232. The zero-order valence-corrected chi connectivity index (χ0v) is 17.9. The van der Waals surface area contributed by atoms with Gasteiger partial charge in [-0.3, -0.25) is 10.1 Å². The molecule has 29 heavy (non-hydrogen) atoms. The van der Waals surface area contributed by atoms with Crippen molar-refractivity contribution in [1.82, 2.24) is 15.3 Å². The number of anilines is 1. The van der Waals surface area contributed by atoms with Gasteiger partial charge < -0.3 is 10.3 Å². The second kappa shape index (κ2) is 8.14. The number of hydrogen-bond acceptors (Lipinski definition) is 3. The number of H-pyrrole nitrogens is 1. The first-order chi connectivity index (χ1) is 14.0. The standard InChI is InChI=1S/C22H17BrN4OS/c1-13-10-11-14(20-24-17-8-4-5-9-18(17)25-20)12-19(13)26-22(29)27-21(28)15-6-2-3-7-16(15)23/h2-12H,1H3,(H,24,25)(H2,26,27,28,29). The van der Waals surface area contributed by atoms with E-state index in [9.17, 15) is 4.79 Å². The molecule has 1 aromatic heterocycles. The largest absolute Gasteiger partial charge is 0.338 e. The Hall–Kier alpha value is -3.03. The first kappa shape index (κ1) is 19.3. The zero-order valence-electron chi connectivity index (χ0n) is 15.5. The van der Waals surface area contributed by atoms with Gasteiger partial charge in [0.05, 0.1) is 16.6 Å². The molecule has 5 nitrogen and oxygen atoms in total. The smallest absolute Gasteiger partial charge is 0.258 e. The van der Waals surface area contributed by atoms with Crippen LogP contribution in [0.2, 0.25) is 0 Å². The van der Waals surface area contributed by atoms with E-state index in [0.29, 0.717) is 10.0 Å². The maximum atomic E-state index is 12.5. The van der Waals surface area contributed by atoms with E-state index in [1.54, 1.807) is 12.1 Å². The number of benzene rings is 3. The van der Waals surface area contributed by atoms with Crippen LogP contribution in [-0.2, 0) is 0 Å². The fourth-order valence-electron chi connectivity index (χ4n) is 2.96.